The summed E-state index contributed by atoms with van der Waals surface area (Å²) in [6.45, 7) is 1.22. The van der Waals surface area contributed by atoms with E-state index in [-0.39, 0.29) is 6.61 Å². The van der Waals surface area contributed by atoms with E-state index in [9.17, 15) is 9.59 Å². The summed E-state index contributed by atoms with van der Waals surface area (Å²) in [6, 6.07) is 3.44. The Balaban J connectivity index is 2.57. The highest BCUT2D eigenvalue weighted by atomic mass is 16.5. The van der Waals surface area contributed by atoms with Gasteiger partial charge in [-0.25, -0.2) is 4.79 Å². The van der Waals surface area contributed by atoms with Crippen LogP contribution in [0.2, 0.25) is 0 Å². The second-order valence-corrected chi connectivity index (χ2v) is 3.50. The first-order valence-electron chi connectivity index (χ1n) is 4.59. The van der Waals surface area contributed by atoms with Gasteiger partial charge in [-0.2, -0.15) is 0 Å². The van der Waals surface area contributed by atoms with Gasteiger partial charge in [0.05, 0.1) is 0 Å². The Morgan fingerprint density at radius 2 is 2.25 bits per heavy atom. The lowest BCUT2D eigenvalue weighted by Crippen LogP contribution is -2.56. The summed E-state index contributed by atoms with van der Waals surface area (Å²) in [5, 5.41) is 0. The third-order valence-electron chi connectivity index (χ3n) is 2.03. The number of pyridine rings is 1. The topological polar surface area (TPSA) is 108 Å². The van der Waals surface area contributed by atoms with Gasteiger partial charge in [0, 0.05) is 18.0 Å². The van der Waals surface area contributed by atoms with Gasteiger partial charge < -0.3 is 16.2 Å². The molecule has 1 atom stereocenters. The van der Waals surface area contributed by atoms with Gasteiger partial charge in [-0.3, -0.25) is 9.78 Å². The third kappa shape index (κ3) is 2.77. The molecule has 0 spiro atoms. The number of esters is 1. The zero-order valence-corrected chi connectivity index (χ0v) is 8.84. The van der Waals surface area contributed by atoms with Crippen LogP contribution in [-0.4, -0.2) is 22.4 Å². The number of carbonyl (C=O) groups is 2. The highest BCUT2D eigenvalue weighted by Gasteiger charge is 2.36. The fourth-order valence-electron chi connectivity index (χ4n) is 0.883. The molecule has 1 aromatic heterocycles. The summed E-state index contributed by atoms with van der Waals surface area (Å²) in [5.74, 6) is -1.78. The maximum absolute atomic E-state index is 11.4. The minimum atomic E-state index is -1.80. The fourth-order valence-corrected chi connectivity index (χ4v) is 0.883. The molecular weight excluding hydrogens is 210 g/mol. The van der Waals surface area contributed by atoms with Crippen molar-refractivity contribution < 1.29 is 14.3 Å². The number of ether oxygens (including phenoxy) is 1. The fraction of sp³-hybridized carbons (Fsp3) is 0.300. The van der Waals surface area contributed by atoms with Gasteiger partial charge in [0.2, 0.25) is 5.91 Å². The van der Waals surface area contributed by atoms with E-state index in [1.807, 2.05) is 0 Å². The summed E-state index contributed by atoms with van der Waals surface area (Å²) in [5.41, 5.74) is 9.27. The summed E-state index contributed by atoms with van der Waals surface area (Å²) in [7, 11) is 0. The maximum Gasteiger partial charge on any atom is 0.335 e. The van der Waals surface area contributed by atoms with Crippen LogP contribution in [0.1, 0.15) is 12.5 Å². The maximum atomic E-state index is 11.4. The number of nitrogens with two attached hydrogens (primary N) is 2. The normalized spacial score (nSPS) is 13.9. The molecule has 16 heavy (non-hydrogen) atoms. The Hall–Kier alpha value is -1.95. The van der Waals surface area contributed by atoms with Gasteiger partial charge in [-0.1, -0.05) is 6.07 Å². The molecular formula is C10H13N3O3. The highest BCUT2D eigenvalue weighted by Crippen LogP contribution is 2.05. The molecule has 6 nitrogen and oxygen atoms in total. The van der Waals surface area contributed by atoms with E-state index in [1.54, 1.807) is 24.5 Å². The molecule has 0 fully saturated rings. The minimum Gasteiger partial charge on any atom is -0.459 e. The second-order valence-electron chi connectivity index (χ2n) is 3.50. The van der Waals surface area contributed by atoms with Crippen molar-refractivity contribution in [2.24, 2.45) is 11.5 Å². The third-order valence-corrected chi connectivity index (χ3v) is 2.03. The van der Waals surface area contributed by atoms with Crippen molar-refractivity contribution in [2.75, 3.05) is 0 Å². The monoisotopic (exact) mass is 223 g/mol. The predicted molar refractivity (Wildman–Crippen MR) is 55.8 cm³/mol. The van der Waals surface area contributed by atoms with Crippen molar-refractivity contribution in [1.82, 2.24) is 4.98 Å². The van der Waals surface area contributed by atoms with E-state index in [0.29, 0.717) is 5.56 Å². The van der Waals surface area contributed by atoms with Crippen molar-refractivity contribution in [2.45, 2.75) is 19.1 Å². The summed E-state index contributed by atoms with van der Waals surface area (Å²) in [6.07, 6.45) is 3.15. The zero-order chi connectivity index (χ0) is 12.2. The molecule has 0 aliphatic heterocycles. The van der Waals surface area contributed by atoms with E-state index < -0.39 is 17.4 Å². The Labute approximate surface area is 92.6 Å². The molecule has 6 heteroatoms. The molecule has 1 heterocycles. The Kier molecular flexibility index (Phi) is 3.57. The molecule has 0 bridgehead atoms. The van der Waals surface area contributed by atoms with Crippen LogP contribution in [0.5, 0.6) is 0 Å². The molecule has 0 aromatic carbocycles. The molecule has 0 aliphatic carbocycles. The van der Waals surface area contributed by atoms with E-state index in [1.165, 1.54) is 6.92 Å². The minimum absolute atomic E-state index is 0.00669. The molecule has 0 saturated carbocycles. The molecule has 0 radical (unpaired) electrons. The standard InChI is InChI=1S/C10H13N3O3/c1-10(12,8(11)14)9(15)16-6-7-3-2-4-13-5-7/h2-5H,6,12H2,1H3,(H2,11,14)/t10-/m1/s1. The van der Waals surface area contributed by atoms with E-state index >= 15 is 0 Å². The van der Waals surface area contributed by atoms with Crippen molar-refractivity contribution in [1.29, 1.82) is 0 Å². The molecule has 0 unspecified atom stereocenters. The Morgan fingerprint density at radius 1 is 1.56 bits per heavy atom. The van der Waals surface area contributed by atoms with Crippen LogP contribution in [0.25, 0.3) is 0 Å². The predicted octanol–water partition coefficient (Wildman–Crippen LogP) is -0.672. The van der Waals surface area contributed by atoms with Gasteiger partial charge in [-0.15, -0.1) is 0 Å². The van der Waals surface area contributed by atoms with Crippen LogP contribution in [-0.2, 0) is 20.9 Å². The first kappa shape index (κ1) is 12.1. The molecule has 0 aliphatic rings. The SMILES string of the molecule is C[C@@](N)(C(N)=O)C(=O)OCc1cccnc1. The number of nitrogens with zero attached hydrogens (tertiary/aromatic N) is 1. The van der Waals surface area contributed by atoms with Crippen molar-refractivity contribution in [3.05, 3.63) is 30.1 Å². The average molecular weight is 223 g/mol. The number of carbonyl (C=O) groups excluding carboxylic acids is 2. The van der Waals surface area contributed by atoms with Crippen molar-refractivity contribution >= 4 is 11.9 Å². The molecule has 0 saturated heterocycles. The van der Waals surface area contributed by atoms with Gasteiger partial charge in [0.25, 0.3) is 0 Å². The Bertz CT molecular complexity index is 390. The molecule has 1 rings (SSSR count). The van der Waals surface area contributed by atoms with Gasteiger partial charge in [0.15, 0.2) is 5.54 Å². The first-order chi connectivity index (χ1) is 7.44. The van der Waals surface area contributed by atoms with Crippen LogP contribution in [0, 0.1) is 0 Å². The van der Waals surface area contributed by atoms with E-state index in [4.69, 9.17) is 16.2 Å². The number of hydrogen-bond acceptors (Lipinski definition) is 5. The van der Waals surface area contributed by atoms with Crippen molar-refractivity contribution in [3.63, 3.8) is 0 Å². The lowest BCUT2D eigenvalue weighted by molar-refractivity contribution is -0.154. The molecule has 86 valence electrons. The van der Waals surface area contributed by atoms with Gasteiger partial charge in [-0.05, 0) is 13.0 Å². The molecule has 1 amide bonds. The van der Waals surface area contributed by atoms with Crippen LogP contribution in [0.3, 0.4) is 0 Å². The second kappa shape index (κ2) is 4.71. The zero-order valence-electron chi connectivity index (χ0n) is 8.84. The smallest absolute Gasteiger partial charge is 0.335 e. The number of aromatic nitrogens is 1. The summed E-state index contributed by atoms with van der Waals surface area (Å²) >= 11 is 0. The van der Waals surface area contributed by atoms with Crippen LogP contribution < -0.4 is 11.5 Å². The van der Waals surface area contributed by atoms with Crippen LogP contribution >= 0.6 is 0 Å². The summed E-state index contributed by atoms with van der Waals surface area (Å²) in [4.78, 5) is 26.1. The van der Waals surface area contributed by atoms with Crippen LogP contribution in [0.15, 0.2) is 24.5 Å². The molecule has 4 N–H and O–H groups in total. The largest absolute Gasteiger partial charge is 0.459 e. The molecule has 1 aromatic rings. The Morgan fingerprint density at radius 3 is 2.75 bits per heavy atom. The lowest BCUT2D eigenvalue weighted by atomic mass is 10.0. The van der Waals surface area contributed by atoms with Gasteiger partial charge in [0.1, 0.15) is 6.61 Å². The van der Waals surface area contributed by atoms with E-state index in [2.05, 4.69) is 4.98 Å². The van der Waals surface area contributed by atoms with Gasteiger partial charge >= 0.3 is 5.97 Å². The number of rotatable bonds is 4. The quantitative estimate of drug-likeness (QED) is 0.519. The van der Waals surface area contributed by atoms with E-state index in [0.717, 1.165) is 0 Å². The first-order valence-corrected chi connectivity index (χ1v) is 4.59. The highest BCUT2D eigenvalue weighted by molar-refractivity contribution is 6.05. The lowest BCUT2D eigenvalue weighted by Gasteiger charge is -2.18. The van der Waals surface area contributed by atoms with Crippen molar-refractivity contribution in [3.8, 4) is 0 Å². The number of amides is 1. The number of primary amides is 1. The number of hydrogen-bond donors (Lipinski definition) is 2. The summed E-state index contributed by atoms with van der Waals surface area (Å²) < 4.78 is 4.85. The average Bonchev–Trinajstić information content (AvgIpc) is 2.27. The van der Waals surface area contributed by atoms with Crippen LogP contribution in [0.4, 0.5) is 0 Å².